The van der Waals surface area contributed by atoms with Gasteiger partial charge in [-0.25, -0.2) is 15.0 Å². The second-order valence-corrected chi connectivity index (χ2v) is 6.25. The first-order valence-electron chi connectivity index (χ1n) is 6.66. The number of halogens is 1. The Kier molecular flexibility index (Phi) is 3.61. The molecule has 7 heteroatoms. The number of fused-ring (bicyclic) bond motifs is 1. The Labute approximate surface area is 130 Å². The van der Waals surface area contributed by atoms with Gasteiger partial charge >= 0.3 is 0 Å². The van der Waals surface area contributed by atoms with Gasteiger partial charge in [-0.05, 0) is 35.4 Å². The molecule has 20 heavy (non-hydrogen) atoms. The Hall–Kier alpha value is -1.25. The molecule has 0 atom stereocenters. The van der Waals surface area contributed by atoms with E-state index in [9.17, 15) is 4.79 Å². The summed E-state index contributed by atoms with van der Waals surface area (Å²) in [5, 5.41) is 0. The molecule has 2 aromatic rings. The molecule has 0 bridgehead atoms. The smallest absolute Gasteiger partial charge is 0.219 e. The zero-order valence-electron chi connectivity index (χ0n) is 11.5. The number of likely N-dealkylation sites (tertiary alicyclic amines) is 1. The van der Waals surface area contributed by atoms with Gasteiger partial charge in [0.15, 0.2) is 11.3 Å². The average Bonchev–Trinajstić information content (AvgIpc) is 2.75. The number of hydrogen-bond donors (Lipinski definition) is 0. The zero-order valence-corrected chi connectivity index (χ0v) is 13.7. The van der Waals surface area contributed by atoms with Crippen LogP contribution in [0.4, 0.5) is 0 Å². The number of aromatic nitrogens is 4. The van der Waals surface area contributed by atoms with E-state index >= 15 is 0 Å². The van der Waals surface area contributed by atoms with Crippen molar-refractivity contribution in [3.63, 3.8) is 0 Å². The number of carbonyl (C=O) groups excluding carboxylic acids is 1. The monoisotopic (exact) mass is 385 g/mol. The van der Waals surface area contributed by atoms with E-state index in [4.69, 9.17) is 0 Å². The van der Waals surface area contributed by atoms with Gasteiger partial charge in [0.2, 0.25) is 5.91 Å². The molecule has 0 radical (unpaired) electrons. The van der Waals surface area contributed by atoms with Gasteiger partial charge in [-0.3, -0.25) is 4.79 Å². The first-order valence-corrected chi connectivity index (χ1v) is 7.74. The van der Waals surface area contributed by atoms with Crippen LogP contribution in [0.2, 0.25) is 0 Å². The highest BCUT2D eigenvalue weighted by Crippen LogP contribution is 2.28. The van der Waals surface area contributed by atoms with E-state index in [1.165, 1.54) is 0 Å². The number of piperidine rings is 1. The molecule has 1 aliphatic heterocycles. The van der Waals surface area contributed by atoms with E-state index in [2.05, 4.69) is 37.5 Å². The Morgan fingerprint density at radius 3 is 2.70 bits per heavy atom. The van der Waals surface area contributed by atoms with Crippen LogP contribution in [0.25, 0.3) is 11.3 Å². The molecule has 0 aliphatic carbocycles. The number of rotatable bonds is 1. The van der Waals surface area contributed by atoms with Crippen LogP contribution in [0, 0.1) is 3.70 Å². The molecule has 2 aromatic heterocycles. The standard InChI is InChI=1S/C13H16IN5O/c1-8(20)19-5-3-9(4-6-19)12-17-11-13(18(12)2)15-7-10(14)16-11/h7,9H,3-6H2,1-2H3. The van der Waals surface area contributed by atoms with Crippen LogP contribution < -0.4 is 0 Å². The summed E-state index contributed by atoms with van der Waals surface area (Å²) in [6, 6.07) is 0. The summed E-state index contributed by atoms with van der Waals surface area (Å²) in [4.78, 5) is 26.7. The fourth-order valence-electron chi connectivity index (χ4n) is 2.77. The minimum absolute atomic E-state index is 0.159. The number of nitrogens with zero attached hydrogens (tertiary/aromatic N) is 5. The normalized spacial score (nSPS) is 16.9. The van der Waals surface area contributed by atoms with Crippen molar-refractivity contribution in [1.82, 2.24) is 24.4 Å². The molecule has 6 nitrogen and oxygen atoms in total. The number of amides is 1. The summed E-state index contributed by atoms with van der Waals surface area (Å²) in [7, 11) is 1.99. The van der Waals surface area contributed by atoms with Crippen LogP contribution in [-0.2, 0) is 11.8 Å². The number of carbonyl (C=O) groups is 1. The lowest BCUT2D eigenvalue weighted by Crippen LogP contribution is -2.36. The van der Waals surface area contributed by atoms with Crippen molar-refractivity contribution in [1.29, 1.82) is 0 Å². The zero-order chi connectivity index (χ0) is 14.3. The molecule has 1 amide bonds. The fourth-order valence-corrected chi connectivity index (χ4v) is 3.14. The average molecular weight is 385 g/mol. The first kappa shape index (κ1) is 13.7. The summed E-state index contributed by atoms with van der Waals surface area (Å²) in [5.41, 5.74) is 1.54. The predicted molar refractivity (Wildman–Crippen MR) is 83.3 cm³/mol. The summed E-state index contributed by atoms with van der Waals surface area (Å²) < 4.78 is 2.89. The third-order valence-electron chi connectivity index (χ3n) is 3.89. The number of aryl methyl sites for hydroxylation is 1. The van der Waals surface area contributed by atoms with E-state index < -0.39 is 0 Å². The van der Waals surface area contributed by atoms with E-state index in [-0.39, 0.29) is 5.91 Å². The Balaban J connectivity index is 1.88. The largest absolute Gasteiger partial charge is 0.343 e. The van der Waals surface area contributed by atoms with Crippen molar-refractivity contribution in [3.05, 3.63) is 15.7 Å². The van der Waals surface area contributed by atoms with Crippen molar-refractivity contribution >= 4 is 39.8 Å². The van der Waals surface area contributed by atoms with Gasteiger partial charge in [0.1, 0.15) is 9.53 Å². The van der Waals surface area contributed by atoms with Crippen molar-refractivity contribution in [3.8, 4) is 0 Å². The van der Waals surface area contributed by atoms with Crippen LogP contribution in [0.5, 0.6) is 0 Å². The first-order chi connectivity index (χ1) is 9.56. The maximum atomic E-state index is 11.4. The van der Waals surface area contributed by atoms with Crippen LogP contribution in [-0.4, -0.2) is 43.4 Å². The lowest BCUT2D eigenvalue weighted by Gasteiger charge is -2.30. The minimum atomic E-state index is 0.159. The predicted octanol–water partition coefficient (Wildman–Crippen LogP) is 1.69. The molecular formula is C13H16IN5O. The second-order valence-electron chi connectivity index (χ2n) is 5.15. The molecule has 0 N–H and O–H groups in total. The molecule has 106 valence electrons. The molecule has 0 aromatic carbocycles. The topological polar surface area (TPSA) is 63.9 Å². The Bertz CT molecular complexity index is 660. The maximum absolute atomic E-state index is 11.4. The van der Waals surface area contributed by atoms with Crippen molar-refractivity contribution in [2.24, 2.45) is 7.05 Å². The van der Waals surface area contributed by atoms with Crippen LogP contribution in [0.3, 0.4) is 0 Å². The molecule has 3 rings (SSSR count). The summed E-state index contributed by atoms with van der Waals surface area (Å²) in [6.45, 7) is 3.24. The molecule has 0 spiro atoms. The van der Waals surface area contributed by atoms with E-state index in [1.54, 1.807) is 13.1 Å². The molecule has 1 saturated heterocycles. The van der Waals surface area contributed by atoms with Crippen molar-refractivity contribution in [2.75, 3.05) is 13.1 Å². The summed E-state index contributed by atoms with van der Waals surface area (Å²) in [6.07, 6.45) is 3.66. The fraction of sp³-hybridized carbons (Fsp3) is 0.538. The van der Waals surface area contributed by atoms with Crippen molar-refractivity contribution in [2.45, 2.75) is 25.7 Å². The van der Waals surface area contributed by atoms with E-state index in [1.807, 2.05) is 16.5 Å². The quantitative estimate of drug-likeness (QED) is 0.701. The molecule has 1 aliphatic rings. The SMILES string of the molecule is CC(=O)N1CCC(c2nc3nc(I)cnc3n2C)CC1. The van der Waals surface area contributed by atoms with Crippen LogP contribution in [0.1, 0.15) is 31.5 Å². The Morgan fingerprint density at radius 2 is 2.05 bits per heavy atom. The molecule has 1 fully saturated rings. The van der Waals surface area contributed by atoms with Crippen molar-refractivity contribution < 1.29 is 4.79 Å². The van der Waals surface area contributed by atoms with Crippen LogP contribution in [0.15, 0.2) is 6.20 Å². The summed E-state index contributed by atoms with van der Waals surface area (Å²) in [5.74, 6) is 1.57. The molecule has 0 saturated carbocycles. The summed E-state index contributed by atoms with van der Waals surface area (Å²) >= 11 is 2.15. The third kappa shape index (κ3) is 2.38. The van der Waals surface area contributed by atoms with Gasteiger partial charge in [0.05, 0.1) is 6.20 Å². The highest BCUT2D eigenvalue weighted by molar-refractivity contribution is 14.1. The lowest BCUT2D eigenvalue weighted by atomic mass is 9.96. The highest BCUT2D eigenvalue weighted by atomic mass is 127. The third-order valence-corrected chi connectivity index (χ3v) is 4.41. The Morgan fingerprint density at radius 1 is 1.35 bits per heavy atom. The van der Waals surface area contributed by atoms with E-state index in [0.29, 0.717) is 11.6 Å². The van der Waals surface area contributed by atoms with Gasteiger partial charge < -0.3 is 9.47 Å². The van der Waals surface area contributed by atoms with Gasteiger partial charge in [-0.15, -0.1) is 0 Å². The molecular weight excluding hydrogens is 369 g/mol. The van der Waals surface area contributed by atoms with Gasteiger partial charge in [-0.2, -0.15) is 0 Å². The van der Waals surface area contributed by atoms with Gasteiger partial charge in [-0.1, -0.05) is 0 Å². The second kappa shape index (κ2) is 5.27. The molecule has 3 heterocycles. The van der Waals surface area contributed by atoms with E-state index in [0.717, 1.165) is 41.1 Å². The van der Waals surface area contributed by atoms with Crippen LogP contribution >= 0.6 is 22.6 Å². The van der Waals surface area contributed by atoms with Gasteiger partial charge in [0.25, 0.3) is 0 Å². The highest BCUT2D eigenvalue weighted by Gasteiger charge is 2.26. The lowest BCUT2D eigenvalue weighted by molar-refractivity contribution is -0.129. The minimum Gasteiger partial charge on any atom is -0.343 e. The van der Waals surface area contributed by atoms with Gasteiger partial charge in [0, 0.05) is 33.0 Å². The number of imidazole rings is 1. The number of hydrogen-bond acceptors (Lipinski definition) is 4. The maximum Gasteiger partial charge on any atom is 0.219 e. The molecule has 0 unspecified atom stereocenters.